The van der Waals surface area contributed by atoms with Gasteiger partial charge in [0.15, 0.2) is 12.1 Å². The predicted octanol–water partition coefficient (Wildman–Crippen LogP) is 10.7. The Morgan fingerprint density at radius 2 is 1.09 bits per heavy atom. The fraction of sp³-hybridized carbons (Fsp3) is 0.587. The first-order valence-electron chi connectivity index (χ1n) is 20.3. The number of carbonyl (C=O) groups is 3. The highest BCUT2D eigenvalue weighted by Gasteiger charge is 2.31. The number of carbonyl (C=O) groups excluding carboxylic acids is 2. The summed E-state index contributed by atoms with van der Waals surface area (Å²) in [5.41, 5.74) is 0. The van der Waals surface area contributed by atoms with E-state index in [4.69, 9.17) is 14.2 Å². The molecule has 0 aliphatic heterocycles. The molecule has 0 aromatic carbocycles. The number of carboxylic acid groups (broad SMARTS) is 1. The molecule has 0 aromatic heterocycles. The van der Waals surface area contributed by atoms with Gasteiger partial charge in [0, 0.05) is 19.3 Å². The van der Waals surface area contributed by atoms with Gasteiger partial charge >= 0.3 is 17.9 Å². The van der Waals surface area contributed by atoms with Crippen molar-refractivity contribution in [1.29, 1.82) is 0 Å². The minimum Gasteiger partial charge on any atom is -0.477 e. The third-order valence-electron chi connectivity index (χ3n) is 8.29. The van der Waals surface area contributed by atoms with Crippen molar-refractivity contribution in [2.24, 2.45) is 0 Å². The number of likely N-dealkylation sites (N-methyl/N-ethyl adjacent to an activating group) is 1. The van der Waals surface area contributed by atoms with E-state index in [2.05, 4.69) is 98.9 Å². The van der Waals surface area contributed by atoms with Crippen LogP contribution < -0.4 is 0 Å². The fourth-order valence-electron chi connectivity index (χ4n) is 5.18. The molecular weight excluding hydrogens is 679 g/mol. The zero-order valence-corrected chi connectivity index (χ0v) is 34.4. The van der Waals surface area contributed by atoms with Crippen molar-refractivity contribution in [1.82, 2.24) is 0 Å². The standard InChI is InChI=1S/C46H73NO7/c1-6-8-10-12-14-16-18-20-21-22-23-25-26-28-30-32-34-36-44(48)53-41-42(40-52-39-38-43(46(50)51)47(3,4)5)54-45(49)37-35-33-31-29-27-24-19-17-15-13-11-9-7-2/h8-11,13-17,19-21,23,25,28,30,42-43H,6-7,12,18,22,24,26-27,29,31-41H2,1-5H3/p+1/b10-8+,11-9+,15-13+,16-14+,19-17+,21-20+,25-23+,30-28+. The Labute approximate surface area is 328 Å². The lowest BCUT2D eigenvalue weighted by Crippen LogP contribution is -2.50. The Balaban J connectivity index is 4.54. The Morgan fingerprint density at radius 3 is 1.69 bits per heavy atom. The van der Waals surface area contributed by atoms with Gasteiger partial charge in [-0.1, -0.05) is 130 Å². The molecule has 0 aliphatic carbocycles. The van der Waals surface area contributed by atoms with E-state index in [0.29, 0.717) is 12.8 Å². The lowest BCUT2D eigenvalue weighted by molar-refractivity contribution is -0.887. The summed E-state index contributed by atoms with van der Waals surface area (Å²) >= 11 is 0. The van der Waals surface area contributed by atoms with E-state index >= 15 is 0 Å². The molecule has 0 bridgehead atoms. The van der Waals surface area contributed by atoms with Crippen molar-refractivity contribution in [3.8, 4) is 0 Å². The second-order valence-corrected chi connectivity index (χ2v) is 14.2. The average Bonchev–Trinajstić information content (AvgIpc) is 3.12. The van der Waals surface area contributed by atoms with Crippen LogP contribution in [0.2, 0.25) is 0 Å². The Bertz CT molecular complexity index is 1200. The number of carboxylic acids is 1. The quantitative estimate of drug-likeness (QED) is 0.0230. The molecule has 0 heterocycles. The smallest absolute Gasteiger partial charge is 0.362 e. The summed E-state index contributed by atoms with van der Waals surface area (Å²) in [5, 5.41) is 9.60. The summed E-state index contributed by atoms with van der Waals surface area (Å²) in [4.78, 5) is 36.9. The Kier molecular flexibility index (Phi) is 33.7. The van der Waals surface area contributed by atoms with Gasteiger partial charge in [-0.05, 0) is 70.6 Å². The molecule has 54 heavy (non-hydrogen) atoms. The Morgan fingerprint density at radius 1 is 0.574 bits per heavy atom. The maximum absolute atomic E-state index is 12.7. The van der Waals surface area contributed by atoms with Gasteiger partial charge in [-0.25, -0.2) is 4.79 Å². The lowest BCUT2D eigenvalue weighted by Gasteiger charge is -2.31. The number of quaternary nitrogens is 1. The molecule has 1 N–H and O–H groups in total. The SMILES string of the molecule is CC/C=C/C=C/C=C/CCCCCCCC(=O)OC(COCCC(C(=O)O)[N+](C)(C)C)COC(=O)CCC/C=C/C/C=C/C/C=C/C/C=C/C/C=C/CC. The van der Waals surface area contributed by atoms with Crippen LogP contribution >= 0.6 is 0 Å². The molecule has 0 spiro atoms. The van der Waals surface area contributed by atoms with Crippen molar-refractivity contribution in [3.05, 3.63) is 97.2 Å². The van der Waals surface area contributed by atoms with E-state index in [9.17, 15) is 19.5 Å². The van der Waals surface area contributed by atoms with Crippen LogP contribution in [0.15, 0.2) is 97.2 Å². The first kappa shape index (κ1) is 50.2. The fourth-order valence-corrected chi connectivity index (χ4v) is 5.18. The largest absolute Gasteiger partial charge is 0.477 e. The van der Waals surface area contributed by atoms with Gasteiger partial charge in [0.05, 0.1) is 34.4 Å². The maximum atomic E-state index is 12.7. The number of aliphatic carboxylic acids is 1. The average molecular weight is 753 g/mol. The van der Waals surface area contributed by atoms with Crippen molar-refractivity contribution in [2.75, 3.05) is 41.0 Å². The van der Waals surface area contributed by atoms with E-state index in [1.54, 1.807) is 0 Å². The minimum atomic E-state index is -0.892. The molecule has 0 saturated heterocycles. The number of hydrogen-bond acceptors (Lipinski definition) is 6. The molecule has 0 amide bonds. The Hall–Kier alpha value is -3.75. The van der Waals surface area contributed by atoms with Crippen LogP contribution in [0.3, 0.4) is 0 Å². The van der Waals surface area contributed by atoms with Crippen LogP contribution in [0.1, 0.15) is 123 Å². The molecule has 8 nitrogen and oxygen atoms in total. The third kappa shape index (κ3) is 34.0. The van der Waals surface area contributed by atoms with Gasteiger partial charge in [-0.2, -0.15) is 0 Å². The van der Waals surface area contributed by atoms with E-state index in [0.717, 1.165) is 83.5 Å². The summed E-state index contributed by atoms with van der Waals surface area (Å²) in [6, 6.07) is -0.632. The number of rotatable bonds is 34. The van der Waals surface area contributed by atoms with Crippen LogP contribution in [0, 0.1) is 0 Å². The molecule has 0 aliphatic rings. The molecule has 2 unspecified atom stereocenters. The molecule has 8 heteroatoms. The number of hydrogen-bond donors (Lipinski definition) is 1. The van der Waals surface area contributed by atoms with E-state index in [1.165, 1.54) is 0 Å². The van der Waals surface area contributed by atoms with Gasteiger partial charge in [-0.15, -0.1) is 0 Å². The topological polar surface area (TPSA) is 99.1 Å². The molecule has 0 saturated carbocycles. The summed E-state index contributed by atoms with van der Waals surface area (Å²) in [6.07, 6.45) is 47.4. The van der Waals surface area contributed by atoms with Gasteiger partial charge < -0.3 is 23.8 Å². The monoisotopic (exact) mass is 753 g/mol. The van der Waals surface area contributed by atoms with Gasteiger partial charge in [-0.3, -0.25) is 9.59 Å². The molecule has 2 atom stereocenters. The number of nitrogens with zero attached hydrogens (tertiary/aromatic N) is 1. The normalized spacial score (nSPS) is 14.0. The van der Waals surface area contributed by atoms with Gasteiger partial charge in [0.1, 0.15) is 6.61 Å². The molecule has 0 radical (unpaired) electrons. The maximum Gasteiger partial charge on any atom is 0.362 e. The van der Waals surface area contributed by atoms with Crippen LogP contribution in [-0.4, -0.2) is 80.6 Å². The highest BCUT2D eigenvalue weighted by atomic mass is 16.6. The first-order valence-corrected chi connectivity index (χ1v) is 20.3. The highest BCUT2D eigenvalue weighted by molar-refractivity contribution is 5.72. The number of ether oxygens (including phenoxy) is 3. The molecule has 0 fully saturated rings. The van der Waals surface area contributed by atoms with Crippen LogP contribution in [-0.2, 0) is 28.6 Å². The number of esters is 2. The number of allylic oxidation sites excluding steroid dienone is 16. The van der Waals surface area contributed by atoms with E-state index in [-0.39, 0.29) is 49.1 Å². The van der Waals surface area contributed by atoms with E-state index in [1.807, 2.05) is 33.3 Å². The van der Waals surface area contributed by atoms with Crippen molar-refractivity contribution < 1.29 is 38.2 Å². The molecular formula is C46H74NO7+. The second-order valence-electron chi connectivity index (χ2n) is 14.2. The van der Waals surface area contributed by atoms with Crippen LogP contribution in [0.5, 0.6) is 0 Å². The molecule has 0 aromatic rings. The summed E-state index contributed by atoms with van der Waals surface area (Å²) in [5.74, 6) is -1.59. The first-order chi connectivity index (χ1) is 26.1. The molecule has 0 rings (SSSR count). The molecule has 304 valence electrons. The zero-order valence-electron chi connectivity index (χ0n) is 34.4. The highest BCUT2D eigenvalue weighted by Crippen LogP contribution is 2.12. The van der Waals surface area contributed by atoms with Crippen LogP contribution in [0.4, 0.5) is 0 Å². The summed E-state index contributed by atoms with van der Waals surface area (Å²) in [7, 11) is 5.48. The third-order valence-corrected chi connectivity index (χ3v) is 8.29. The van der Waals surface area contributed by atoms with Gasteiger partial charge in [0.25, 0.3) is 0 Å². The van der Waals surface area contributed by atoms with Crippen LogP contribution in [0.25, 0.3) is 0 Å². The minimum absolute atomic E-state index is 0.0279. The summed E-state index contributed by atoms with van der Waals surface area (Å²) in [6.45, 7) is 4.37. The predicted molar refractivity (Wildman–Crippen MR) is 224 cm³/mol. The number of unbranched alkanes of at least 4 members (excludes halogenated alkanes) is 6. The lowest BCUT2D eigenvalue weighted by atomic mass is 10.1. The van der Waals surface area contributed by atoms with Gasteiger partial charge in [0.2, 0.25) is 0 Å². The van der Waals surface area contributed by atoms with Crippen molar-refractivity contribution in [2.45, 2.75) is 135 Å². The summed E-state index contributed by atoms with van der Waals surface area (Å²) < 4.78 is 17.1. The van der Waals surface area contributed by atoms with E-state index < -0.39 is 18.1 Å². The van der Waals surface area contributed by atoms with Crippen molar-refractivity contribution >= 4 is 17.9 Å². The van der Waals surface area contributed by atoms with Crippen molar-refractivity contribution in [3.63, 3.8) is 0 Å². The zero-order chi connectivity index (χ0) is 40.0. The second kappa shape index (κ2) is 36.2.